The lowest BCUT2D eigenvalue weighted by Gasteiger charge is -2.16. The van der Waals surface area contributed by atoms with E-state index in [4.69, 9.17) is 10.1 Å². The molecule has 0 saturated heterocycles. The minimum Gasteiger partial charge on any atom is -0.497 e. The van der Waals surface area contributed by atoms with Crippen molar-refractivity contribution >= 4 is 17.2 Å². The van der Waals surface area contributed by atoms with Gasteiger partial charge in [0.2, 0.25) is 0 Å². The van der Waals surface area contributed by atoms with E-state index in [1.807, 2.05) is 31.2 Å². The van der Waals surface area contributed by atoms with Crippen LogP contribution >= 0.6 is 0 Å². The standard InChI is InChI=1S/C22H26N4O2/c1-13(10-18(23)16-4-3-5-17(11-16)28-2)21-24-12-19(25-21)22(27)26-20(14-6-7-14)15-8-9-15/h3-5,10-12,14-15,20,23H,6-9H2,1-2H3,(H,24,25)(H,26,27)/b13-10-,23-18?. The van der Waals surface area contributed by atoms with Gasteiger partial charge in [-0.25, -0.2) is 4.98 Å². The van der Waals surface area contributed by atoms with E-state index in [0.29, 0.717) is 40.9 Å². The number of hydrogen-bond acceptors (Lipinski definition) is 4. The van der Waals surface area contributed by atoms with Crippen molar-refractivity contribution in [1.29, 1.82) is 5.41 Å². The molecule has 2 aromatic rings. The van der Waals surface area contributed by atoms with Crippen molar-refractivity contribution in [1.82, 2.24) is 15.3 Å². The molecule has 1 aromatic heterocycles. The smallest absolute Gasteiger partial charge is 0.269 e. The highest BCUT2D eigenvalue weighted by Gasteiger charge is 2.42. The molecule has 1 amide bonds. The second-order valence-electron chi connectivity index (χ2n) is 7.79. The SMILES string of the molecule is COc1cccc(C(=N)/C=C(/C)c2ncc(C(=O)NC(C3CC3)C3CC3)[nH]2)c1. The Morgan fingerprint density at radius 2 is 2.04 bits per heavy atom. The highest BCUT2D eigenvalue weighted by atomic mass is 16.5. The van der Waals surface area contributed by atoms with Gasteiger partial charge in [-0.1, -0.05) is 12.1 Å². The lowest BCUT2D eigenvalue weighted by atomic mass is 10.1. The monoisotopic (exact) mass is 378 g/mol. The maximum absolute atomic E-state index is 12.6. The van der Waals surface area contributed by atoms with Gasteiger partial charge in [-0.3, -0.25) is 4.79 Å². The number of hydrogen-bond donors (Lipinski definition) is 3. The first-order valence-electron chi connectivity index (χ1n) is 9.82. The fraction of sp³-hybridized carbons (Fsp3) is 0.409. The van der Waals surface area contributed by atoms with Gasteiger partial charge in [-0.15, -0.1) is 0 Å². The maximum Gasteiger partial charge on any atom is 0.269 e. The maximum atomic E-state index is 12.6. The zero-order valence-corrected chi connectivity index (χ0v) is 16.3. The number of benzene rings is 1. The minimum atomic E-state index is -0.0850. The van der Waals surface area contributed by atoms with Gasteiger partial charge in [0.15, 0.2) is 0 Å². The second-order valence-corrected chi connectivity index (χ2v) is 7.79. The number of carbonyl (C=O) groups is 1. The van der Waals surface area contributed by atoms with Crippen LogP contribution in [0.2, 0.25) is 0 Å². The highest BCUT2D eigenvalue weighted by Crippen LogP contribution is 2.44. The van der Waals surface area contributed by atoms with Crippen LogP contribution < -0.4 is 10.1 Å². The van der Waals surface area contributed by atoms with Crippen LogP contribution in [0, 0.1) is 17.2 Å². The van der Waals surface area contributed by atoms with Crippen LogP contribution in [0.15, 0.2) is 36.5 Å². The van der Waals surface area contributed by atoms with Gasteiger partial charge < -0.3 is 20.4 Å². The number of nitrogens with one attached hydrogen (secondary N) is 3. The molecular weight excluding hydrogens is 352 g/mol. The zero-order valence-electron chi connectivity index (χ0n) is 16.3. The van der Waals surface area contributed by atoms with E-state index in [-0.39, 0.29) is 5.91 Å². The number of rotatable bonds is 8. The molecule has 2 aliphatic rings. The molecule has 0 bridgehead atoms. The first-order valence-corrected chi connectivity index (χ1v) is 9.82. The average molecular weight is 378 g/mol. The summed E-state index contributed by atoms with van der Waals surface area (Å²) in [6.07, 6.45) is 8.22. The Balaban J connectivity index is 1.44. The Kier molecular flexibility index (Phi) is 5.03. The van der Waals surface area contributed by atoms with E-state index in [0.717, 1.165) is 11.1 Å². The molecular formula is C22H26N4O2. The molecule has 146 valence electrons. The molecule has 4 rings (SSSR count). The van der Waals surface area contributed by atoms with Gasteiger partial charge in [-0.05, 0) is 68.2 Å². The van der Waals surface area contributed by atoms with E-state index in [1.54, 1.807) is 19.4 Å². The third-order valence-electron chi connectivity index (χ3n) is 5.49. The highest BCUT2D eigenvalue weighted by molar-refractivity contribution is 6.10. The summed E-state index contributed by atoms with van der Waals surface area (Å²) in [6.45, 7) is 1.88. The van der Waals surface area contributed by atoms with Crippen molar-refractivity contribution in [2.24, 2.45) is 11.8 Å². The van der Waals surface area contributed by atoms with Crippen LogP contribution in [0.3, 0.4) is 0 Å². The molecule has 0 spiro atoms. The molecule has 1 heterocycles. The van der Waals surface area contributed by atoms with Crippen molar-refractivity contribution in [2.45, 2.75) is 38.6 Å². The van der Waals surface area contributed by atoms with E-state index in [9.17, 15) is 4.79 Å². The Bertz CT molecular complexity index is 910. The van der Waals surface area contributed by atoms with Gasteiger partial charge in [0.05, 0.1) is 19.0 Å². The number of H-pyrrole nitrogens is 1. The Morgan fingerprint density at radius 1 is 1.32 bits per heavy atom. The lowest BCUT2D eigenvalue weighted by Crippen LogP contribution is -2.38. The fourth-order valence-electron chi connectivity index (χ4n) is 3.56. The summed E-state index contributed by atoms with van der Waals surface area (Å²) in [5.74, 6) is 2.55. The van der Waals surface area contributed by atoms with Crippen LogP contribution in [0.1, 0.15) is 54.5 Å². The number of ether oxygens (including phenoxy) is 1. The summed E-state index contributed by atoms with van der Waals surface area (Å²) in [7, 11) is 1.61. The number of imidazole rings is 1. The molecule has 0 radical (unpaired) electrons. The fourth-order valence-corrected chi connectivity index (χ4v) is 3.56. The first kappa shape index (κ1) is 18.5. The van der Waals surface area contributed by atoms with E-state index in [2.05, 4.69) is 15.3 Å². The molecule has 2 fully saturated rings. The van der Waals surface area contributed by atoms with Crippen LogP contribution in [-0.2, 0) is 0 Å². The third-order valence-corrected chi connectivity index (χ3v) is 5.49. The van der Waals surface area contributed by atoms with Gasteiger partial charge >= 0.3 is 0 Å². The summed E-state index contributed by atoms with van der Waals surface area (Å²) in [4.78, 5) is 20.1. The van der Waals surface area contributed by atoms with Crippen molar-refractivity contribution in [3.63, 3.8) is 0 Å². The summed E-state index contributed by atoms with van der Waals surface area (Å²) in [5, 5.41) is 11.5. The molecule has 0 atom stereocenters. The largest absolute Gasteiger partial charge is 0.497 e. The van der Waals surface area contributed by atoms with Crippen LogP contribution in [0.5, 0.6) is 5.75 Å². The number of aromatic nitrogens is 2. The van der Waals surface area contributed by atoms with Crippen molar-refractivity contribution in [3.8, 4) is 5.75 Å². The van der Waals surface area contributed by atoms with Crippen molar-refractivity contribution in [3.05, 3.63) is 53.6 Å². The molecule has 1 aromatic carbocycles. The van der Waals surface area contributed by atoms with Crippen LogP contribution in [0.4, 0.5) is 0 Å². The van der Waals surface area contributed by atoms with Gasteiger partial charge in [0.25, 0.3) is 5.91 Å². The second kappa shape index (κ2) is 7.62. The number of allylic oxidation sites excluding steroid dienone is 2. The molecule has 0 unspecified atom stereocenters. The quantitative estimate of drug-likeness (QED) is 0.610. The molecule has 2 saturated carbocycles. The van der Waals surface area contributed by atoms with Crippen LogP contribution in [0.25, 0.3) is 5.57 Å². The molecule has 28 heavy (non-hydrogen) atoms. The Morgan fingerprint density at radius 3 is 2.68 bits per heavy atom. The van der Waals surface area contributed by atoms with Gasteiger partial charge in [0.1, 0.15) is 17.3 Å². The predicted octanol–water partition coefficient (Wildman–Crippen LogP) is 3.81. The number of methoxy groups -OCH3 is 1. The number of nitrogens with zero attached hydrogens (tertiary/aromatic N) is 1. The molecule has 2 aliphatic carbocycles. The first-order chi connectivity index (χ1) is 13.5. The van der Waals surface area contributed by atoms with E-state index < -0.39 is 0 Å². The Labute approximate surface area is 164 Å². The minimum absolute atomic E-state index is 0.0850. The molecule has 3 N–H and O–H groups in total. The van der Waals surface area contributed by atoms with E-state index in [1.165, 1.54) is 25.7 Å². The number of amides is 1. The molecule has 0 aliphatic heterocycles. The predicted molar refractivity (Wildman–Crippen MR) is 109 cm³/mol. The molecule has 6 nitrogen and oxygen atoms in total. The van der Waals surface area contributed by atoms with Crippen molar-refractivity contribution in [2.75, 3.05) is 7.11 Å². The van der Waals surface area contributed by atoms with Crippen molar-refractivity contribution < 1.29 is 9.53 Å². The van der Waals surface area contributed by atoms with Gasteiger partial charge in [0, 0.05) is 11.6 Å². The number of aromatic amines is 1. The third kappa shape index (κ3) is 4.16. The summed E-state index contributed by atoms with van der Waals surface area (Å²) in [5.41, 5.74) is 2.40. The topological polar surface area (TPSA) is 90.9 Å². The number of carbonyl (C=O) groups excluding carboxylic acids is 1. The van der Waals surface area contributed by atoms with Gasteiger partial charge in [-0.2, -0.15) is 0 Å². The average Bonchev–Trinajstić information content (AvgIpc) is 3.64. The normalized spacial score (nSPS) is 16.9. The molecule has 6 heteroatoms. The van der Waals surface area contributed by atoms with Crippen LogP contribution in [-0.4, -0.2) is 34.7 Å². The summed E-state index contributed by atoms with van der Waals surface area (Å²) >= 11 is 0. The summed E-state index contributed by atoms with van der Waals surface area (Å²) < 4.78 is 5.22. The van der Waals surface area contributed by atoms with E-state index >= 15 is 0 Å². The Hall–Kier alpha value is -2.89. The lowest BCUT2D eigenvalue weighted by molar-refractivity contribution is 0.0921. The summed E-state index contributed by atoms with van der Waals surface area (Å²) in [6, 6.07) is 7.71. The zero-order chi connectivity index (χ0) is 19.7.